The van der Waals surface area contributed by atoms with Crippen LogP contribution in [0.25, 0.3) is 0 Å². The van der Waals surface area contributed by atoms with Crippen molar-refractivity contribution in [2.75, 3.05) is 0 Å². The number of hydrogen-bond donors (Lipinski definition) is 2. The molecule has 2 heterocycles. The summed E-state index contributed by atoms with van der Waals surface area (Å²) in [6.07, 6.45) is 2.57. The van der Waals surface area contributed by atoms with E-state index in [0.717, 1.165) is 0 Å². The van der Waals surface area contributed by atoms with E-state index in [1.165, 1.54) is 46.1 Å². The van der Waals surface area contributed by atoms with Crippen LogP contribution in [0.1, 0.15) is 22.1 Å². The van der Waals surface area contributed by atoms with Crippen molar-refractivity contribution in [3.05, 3.63) is 47.8 Å². The Balaban J connectivity index is 0.00000220. The van der Waals surface area contributed by atoms with Crippen LogP contribution in [0.5, 0.6) is 0 Å². The summed E-state index contributed by atoms with van der Waals surface area (Å²) < 4.78 is 0. The molecule has 9 heteroatoms. The van der Waals surface area contributed by atoms with E-state index in [1.54, 1.807) is 12.1 Å². The number of carboxylic acids is 2. The third-order valence-electron chi connectivity index (χ3n) is 2.18. The monoisotopic (exact) mass is 316 g/mol. The largest absolute Gasteiger partial charge is 1.00 e. The van der Waals surface area contributed by atoms with E-state index < -0.39 is 11.9 Å². The minimum absolute atomic E-state index is 0. The van der Waals surface area contributed by atoms with Gasteiger partial charge in [-0.15, -0.1) is 0 Å². The first-order valence-corrected chi connectivity index (χ1v) is 7.44. The van der Waals surface area contributed by atoms with Gasteiger partial charge in [-0.05, 0) is 45.9 Å². The fourth-order valence-electron chi connectivity index (χ4n) is 1.20. The molecule has 0 aliphatic carbocycles. The molecular formula is C12H9LiN2O4S2. The Morgan fingerprint density at radius 2 is 1.24 bits per heavy atom. The Labute approximate surface area is 141 Å². The molecule has 0 unspecified atom stereocenters. The number of nitrogens with zero attached hydrogens (tertiary/aromatic N) is 2. The molecule has 0 saturated heterocycles. The molecule has 21 heavy (non-hydrogen) atoms. The van der Waals surface area contributed by atoms with Gasteiger partial charge >= 0.3 is 30.8 Å². The number of rotatable bonds is 5. The van der Waals surface area contributed by atoms with Crippen LogP contribution in [0.3, 0.4) is 0 Å². The maximum Gasteiger partial charge on any atom is 1.00 e. The van der Waals surface area contributed by atoms with Crippen LogP contribution in [0, 0.1) is 0 Å². The van der Waals surface area contributed by atoms with Crippen molar-refractivity contribution in [3.63, 3.8) is 0 Å². The number of carbonyl (C=O) groups is 2. The Morgan fingerprint density at radius 3 is 1.48 bits per heavy atom. The van der Waals surface area contributed by atoms with Crippen LogP contribution < -0.4 is 18.9 Å². The topological polar surface area (TPSA) is 100 Å². The minimum atomic E-state index is -1.02. The molecule has 0 radical (unpaired) electrons. The van der Waals surface area contributed by atoms with Gasteiger partial charge in [0.25, 0.3) is 0 Å². The van der Waals surface area contributed by atoms with Gasteiger partial charge in [0.1, 0.15) is 10.1 Å². The van der Waals surface area contributed by atoms with Crippen LogP contribution in [0.4, 0.5) is 0 Å². The molecule has 2 N–H and O–H groups in total. The van der Waals surface area contributed by atoms with Gasteiger partial charge in [0.15, 0.2) is 0 Å². The third-order valence-corrected chi connectivity index (χ3v) is 4.36. The van der Waals surface area contributed by atoms with Gasteiger partial charge in [-0.3, -0.25) is 0 Å². The van der Waals surface area contributed by atoms with Gasteiger partial charge in [-0.2, -0.15) is 0 Å². The molecule has 104 valence electrons. The first-order valence-electron chi connectivity index (χ1n) is 5.29. The van der Waals surface area contributed by atoms with Crippen LogP contribution in [0.15, 0.2) is 46.7 Å². The van der Waals surface area contributed by atoms with Gasteiger partial charge in [0.05, 0.1) is 11.1 Å². The molecule has 0 aliphatic heterocycles. The maximum absolute atomic E-state index is 10.7. The second-order valence-electron chi connectivity index (χ2n) is 3.55. The molecule has 2 aromatic heterocycles. The molecule has 6 nitrogen and oxygen atoms in total. The van der Waals surface area contributed by atoms with Crippen molar-refractivity contribution >= 4 is 33.5 Å². The predicted molar refractivity (Wildman–Crippen MR) is 75.2 cm³/mol. The van der Waals surface area contributed by atoms with Crippen LogP contribution in [0.2, 0.25) is 0 Å². The summed E-state index contributed by atoms with van der Waals surface area (Å²) >= 11 is 0. The maximum atomic E-state index is 10.7. The van der Waals surface area contributed by atoms with Gasteiger partial charge in [0.2, 0.25) is 0 Å². The summed E-state index contributed by atoms with van der Waals surface area (Å²) in [5.41, 5.74) is 0.256. The molecule has 0 saturated carbocycles. The zero-order chi connectivity index (χ0) is 14.5. The second-order valence-corrected chi connectivity index (χ2v) is 5.72. The molecule has 0 spiro atoms. The van der Waals surface area contributed by atoms with Crippen molar-refractivity contribution in [2.24, 2.45) is 0 Å². The Hall–Kier alpha value is -1.46. The molecule has 0 aliphatic rings. The summed E-state index contributed by atoms with van der Waals surface area (Å²) in [6, 6.07) is 6.15. The van der Waals surface area contributed by atoms with E-state index in [1.807, 2.05) is 0 Å². The first-order chi connectivity index (χ1) is 9.56. The van der Waals surface area contributed by atoms with E-state index in [9.17, 15) is 9.59 Å². The van der Waals surface area contributed by atoms with Crippen LogP contribution >= 0.6 is 21.6 Å². The average Bonchev–Trinajstić information content (AvgIpc) is 2.46. The molecule has 2 rings (SSSR count). The molecule has 2 aromatic rings. The molecule has 0 aromatic carbocycles. The first kappa shape index (κ1) is 17.6. The average molecular weight is 316 g/mol. The number of aromatic nitrogens is 2. The van der Waals surface area contributed by atoms with E-state index in [0.29, 0.717) is 10.1 Å². The Bertz CT molecular complexity index is 583. The predicted octanol–water partition coefficient (Wildman–Crippen LogP) is -0.211. The van der Waals surface area contributed by atoms with Gasteiger partial charge in [0, 0.05) is 12.4 Å². The standard InChI is InChI=1S/C12H8N2O4S2.Li.H/c15-11(16)7-1-3-9(13-5-7)19-20-10-4-2-8(6-14-10)12(17)18;;/h1-6H,(H,15,16)(H,17,18);;/q;+1;-1. The quantitative estimate of drug-likeness (QED) is 0.577. The fourth-order valence-corrected chi connectivity index (χ4v) is 2.91. The number of carboxylic acid groups (broad SMARTS) is 2. The molecule has 0 amide bonds. The SMILES string of the molecule is O=C(O)c1ccc(SSc2ccc(C(=O)O)cn2)nc1.[H-].[Li+]. The van der Waals surface area contributed by atoms with Crippen molar-refractivity contribution in [1.29, 1.82) is 0 Å². The van der Waals surface area contributed by atoms with Crippen molar-refractivity contribution in [2.45, 2.75) is 10.1 Å². The summed E-state index contributed by atoms with van der Waals surface area (Å²) in [6.45, 7) is 0. The Morgan fingerprint density at radius 1 is 0.857 bits per heavy atom. The van der Waals surface area contributed by atoms with E-state index in [4.69, 9.17) is 10.2 Å². The van der Waals surface area contributed by atoms with Gasteiger partial charge in [-0.25, -0.2) is 19.6 Å². The summed E-state index contributed by atoms with van der Waals surface area (Å²) in [4.78, 5) is 29.3. The smallest absolute Gasteiger partial charge is 1.00 e. The number of hydrogen-bond acceptors (Lipinski definition) is 6. The van der Waals surface area contributed by atoms with Crippen molar-refractivity contribution < 1.29 is 40.1 Å². The number of pyridine rings is 2. The number of aromatic carboxylic acids is 2. The third kappa shape index (κ3) is 5.10. The molecule has 0 atom stereocenters. The fraction of sp³-hybridized carbons (Fsp3) is 0. The Kier molecular flexibility index (Phi) is 6.78. The summed E-state index contributed by atoms with van der Waals surface area (Å²) in [5, 5.41) is 18.8. The van der Waals surface area contributed by atoms with Gasteiger partial charge in [-0.1, -0.05) is 0 Å². The minimum Gasteiger partial charge on any atom is -1.00 e. The van der Waals surface area contributed by atoms with E-state index >= 15 is 0 Å². The van der Waals surface area contributed by atoms with Crippen molar-refractivity contribution in [3.8, 4) is 0 Å². The van der Waals surface area contributed by atoms with Crippen LogP contribution in [-0.4, -0.2) is 32.1 Å². The normalized spacial score (nSPS) is 9.71. The zero-order valence-corrected chi connectivity index (χ0v) is 12.5. The second kappa shape index (κ2) is 8.10. The van der Waals surface area contributed by atoms with E-state index in [2.05, 4.69) is 9.97 Å². The molecular weight excluding hydrogens is 307 g/mol. The molecule has 0 bridgehead atoms. The van der Waals surface area contributed by atoms with E-state index in [-0.39, 0.29) is 31.4 Å². The van der Waals surface area contributed by atoms with Crippen LogP contribution in [-0.2, 0) is 0 Å². The molecule has 0 fully saturated rings. The van der Waals surface area contributed by atoms with Gasteiger partial charge < -0.3 is 11.6 Å². The van der Waals surface area contributed by atoms with Crippen molar-refractivity contribution in [1.82, 2.24) is 9.97 Å². The zero-order valence-electron chi connectivity index (χ0n) is 11.9. The summed E-state index contributed by atoms with van der Waals surface area (Å²) in [5.74, 6) is -2.04. The summed E-state index contributed by atoms with van der Waals surface area (Å²) in [7, 11) is 2.62.